The fraction of sp³-hybridized carbons (Fsp3) is 0.0909. The van der Waals surface area contributed by atoms with Gasteiger partial charge in [0.05, 0.1) is 24.8 Å². The van der Waals surface area contributed by atoms with Gasteiger partial charge in [0.2, 0.25) is 0 Å². The molecule has 1 aliphatic rings. The smallest absolute Gasteiger partial charge is 0.264 e. The van der Waals surface area contributed by atoms with Crippen LogP contribution in [0.5, 0.6) is 11.5 Å². The number of nitrogens with zero attached hydrogens (tertiary/aromatic N) is 1. The number of ether oxygens (including phenoxy) is 2. The minimum atomic E-state index is -0.178. The second-order valence-corrected chi connectivity index (χ2v) is 7.15. The van der Waals surface area contributed by atoms with Crippen molar-refractivity contribution >= 4 is 45.4 Å². The van der Waals surface area contributed by atoms with Crippen LogP contribution in [0.1, 0.15) is 5.56 Å². The predicted molar refractivity (Wildman–Crippen MR) is 114 cm³/mol. The molecule has 28 heavy (non-hydrogen) atoms. The topological polar surface area (TPSA) is 59.9 Å². The highest BCUT2D eigenvalue weighted by Gasteiger charge is 2.24. The van der Waals surface area contributed by atoms with Crippen LogP contribution in [-0.4, -0.2) is 25.3 Å². The number of carbonyl (C=O) groups is 1. The van der Waals surface area contributed by atoms with Crippen molar-refractivity contribution in [1.29, 1.82) is 0 Å². The number of rotatable bonds is 4. The van der Waals surface area contributed by atoms with E-state index in [0.717, 1.165) is 22.0 Å². The van der Waals surface area contributed by atoms with Crippen molar-refractivity contribution in [1.82, 2.24) is 5.32 Å². The summed E-state index contributed by atoms with van der Waals surface area (Å²) < 4.78 is 10.6. The second kappa shape index (κ2) is 7.78. The number of thioether (sulfide) groups is 1. The van der Waals surface area contributed by atoms with Gasteiger partial charge in [-0.1, -0.05) is 30.3 Å². The lowest BCUT2D eigenvalue weighted by atomic mass is 10.1. The zero-order valence-electron chi connectivity index (χ0n) is 15.4. The van der Waals surface area contributed by atoms with Gasteiger partial charge in [0.15, 0.2) is 5.17 Å². The van der Waals surface area contributed by atoms with Gasteiger partial charge < -0.3 is 14.8 Å². The molecule has 0 aliphatic carbocycles. The van der Waals surface area contributed by atoms with Crippen LogP contribution in [0.3, 0.4) is 0 Å². The molecule has 0 aromatic heterocycles. The van der Waals surface area contributed by atoms with Gasteiger partial charge in [0.25, 0.3) is 5.91 Å². The fourth-order valence-electron chi connectivity index (χ4n) is 2.92. The lowest BCUT2D eigenvalue weighted by Crippen LogP contribution is -2.19. The molecule has 6 heteroatoms. The molecule has 1 amide bonds. The largest absolute Gasteiger partial charge is 0.497 e. The normalized spacial score (nSPS) is 16.6. The average Bonchev–Trinajstić information content (AvgIpc) is 3.06. The van der Waals surface area contributed by atoms with E-state index in [0.29, 0.717) is 21.6 Å². The van der Waals surface area contributed by atoms with Crippen LogP contribution < -0.4 is 14.8 Å². The Morgan fingerprint density at radius 2 is 1.79 bits per heavy atom. The maximum absolute atomic E-state index is 12.4. The number of nitrogens with one attached hydrogen (secondary N) is 1. The Kier molecular flexibility index (Phi) is 5.04. The molecule has 0 atom stereocenters. The highest BCUT2D eigenvalue weighted by atomic mass is 32.2. The van der Waals surface area contributed by atoms with E-state index >= 15 is 0 Å². The molecular weight excluding hydrogens is 372 g/mol. The molecular formula is C22H18N2O3S. The van der Waals surface area contributed by atoms with E-state index < -0.39 is 0 Å². The molecule has 0 unspecified atom stereocenters. The van der Waals surface area contributed by atoms with Crippen LogP contribution in [0.2, 0.25) is 0 Å². The summed E-state index contributed by atoms with van der Waals surface area (Å²) in [6, 6.07) is 19.5. The number of methoxy groups -OCH3 is 2. The zero-order chi connectivity index (χ0) is 19.5. The first-order valence-corrected chi connectivity index (χ1v) is 9.48. The van der Waals surface area contributed by atoms with Crippen LogP contribution in [-0.2, 0) is 4.79 Å². The van der Waals surface area contributed by atoms with E-state index in [9.17, 15) is 4.79 Å². The van der Waals surface area contributed by atoms with Crippen LogP contribution in [0.15, 0.2) is 70.6 Å². The molecule has 0 spiro atoms. The monoisotopic (exact) mass is 390 g/mol. The molecule has 1 saturated heterocycles. The number of fused-ring (bicyclic) bond motifs is 1. The predicted octanol–water partition coefficient (Wildman–Crippen LogP) is 4.75. The maximum Gasteiger partial charge on any atom is 0.264 e. The third kappa shape index (κ3) is 3.73. The fourth-order valence-corrected chi connectivity index (χ4v) is 3.76. The van der Waals surface area contributed by atoms with Crippen molar-refractivity contribution in [3.63, 3.8) is 0 Å². The zero-order valence-corrected chi connectivity index (χ0v) is 16.2. The average molecular weight is 390 g/mol. The Hall–Kier alpha value is -3.25. The van der Waals surface area contributed by atoms with Crippen LogP contribution in [0.25, 0.3) is 16.8 Å². The molecule has 0 saturated carbocycles. The third-order valence-electron chi connectivity index (χ3n) is 4.34. The summed E-state index contributed by atoms with van der Waals surface area (Å²) in [6.45, 7) is 0. The van der Waals surface area contributed by atoms with Crippen molar-refractivity contribution < 1.29 is 14.3 Å². The van der Waals surface area contributed by atoms with E-state index in [1.54, 1.807) is 26.4 Å². The highest BCUT2D eigenvalue weighted by molar-refractivity contribution is 8.18. The van der Waals surface area contributed by atoms with Gasteiger partial charge in [-0.25, -0.2) is 4.99 Å². The number of hydrogen-bond donors (Lipinski definition) is 1. The molecule has 3 aromatic carbocycles. The van der Waals surface area contributed by atoms with Crippen molar-refractivity contribution in [3.05, 3.63) is 71.1 Å². The summed E-state index contributed by atoms with van der Waals surface area (Å²) in [5, 5.41) is 5.64. The molecule has 140 valence electrons. The SMILES string of the molecule is COc1ccc(/C=C2\SC(=Nc3ccc4ccccc4c3)NC2=O)c(OC)c1. The van der Waals surface area contributed by atoms with Gasteiger partial charge in [-0.3, -0.25) is 4.79 Å². The Morgan fingerprint density at radius 1 is 0.964 bits per heavy atom. The molecule has 1 N–H and O–H groups in total. The highest BCUT2D eigenvalue weighted by Crippen LogP contribution is 2.32. The van der Waals surface area contributed by atoms with Gasteiger partial charge in [0, 0.05) is 11.6 Å². The molecule has 0 bridgehead atoms. The van der Waals surface area contributed by atoms with Gasteiger partial charge >= 0.3 is 0 Å². The quantitative estimate of drug-likeness (QED) is 0.653. The van der Waals surface area contributed by atoms with Gasteiger partial charge in [-0.2, -0.15) is 0 Å². The van der Waals surface area contributed by atoms with Gasteiger partial charge in [-0.15, -0.1) is 0 Å². The summed E-state index contributed by atoms with van der Waals surface area (Å²) in [4.78, 5) is 17.5. The van der Waals surface area contributed by atoms with Crippen molar-refractivity contribution in [2.24, 2.45) is 4.99 Å². The van der Waals surface area contributed by atoms with E-state index in [4.69, 9.17) is 9.47 Å². The van der Waals surface area contributed by atoms with Crippen molar-refractivity contribution in [2.45, 2.75) is 0 Å². The second-order valence-electron chi connectivity index (χ2n) is 6.12. The maximum atomic E-state index is 12.4. The van der Waals surface area contributed by atoms with Gasteiger partial charge in [-0.05, 0) is 52.9 Å². The summed E-state index contributed by atoms with van der Waals surface area (Å²) in [7, 11) is 3.19. The first-order chi connectivity index (χ1) is 13.7. The van der Waals surface area contributed by atoms with Crippen molar-refractivity contribution in [2.75, 3.05) is 14.2 Å². The summed E-state index contributed by atoms with van der Waals surface area (Å²) in [5.74, 6) is 1.16. The number of amidine groups is 1. The van der Waals surface area contributed by atoms with E-state index in [1.807, 2.05) is 48.5 Å². The number of amides is 1. The lowest BCUT2D eigenvalue weighted by Gasteiger charge is -2.07. The Balaban J connectivity index is 1.61. The standard InChI is InChI=1S/C22H18N2O3S/c1-26-18-10-8-16(19(13-18)27-2)12-20-21(25)24-22(28-20)23-17-9-7-14-5-3-4-6-15(14)11-17/h3-13H,1-2H3,(H,23,24,25)/b20-12-. The van der Waals surface area contributed by atoms with Crippen LogP contribution in [0, 0.1) is 0 Å². The Morgan fingerprint density at radius 3 is 2.57 bits per heavy atom. The Labute approximate surface area is 167 Å². The molecule has 3 aromatic rings. The molecule has 4 rings (SSSR count). The molecule has 1 fully saturated rings. The molecule has 1 aliphatic heterocycles. The number of carbonyl (C=O) groups excluding carboxylic acids is 1. The third-order valence-corrected chi connectivity index (χ3v) is 5.25. The van der Waals surface area contributed by atoms with Crippen LogP contribution >= 0.6 is 11.8 Å². The first-order valence-electron chi connectivity index (χ1n) is 8.67. The molecule has 5 nitrogen and oxygen atoms in total. The lowest BCUT2D eigenvalue weighted by molar-refractivity contribution is -0.115. The van der Waals surface area contributed by atoms with E-state index in [-0.39, 0.29) is 5.91 Å². The molecule has 0 radical (unpaired) electrons. The summed E-state index contributed by atoms with van der Waals surface area (Å²) >= 11 is 1.31. The first kappa shape index (κ1) is 18.1. The summed E-state index contributed by atoms with van der Waals surface area (Å²) in [5.41, 5.74) is 1.60. The van der Waals surface area contributed by atoms with Crippen LogP contribution in [0.4, 0.5) is 5.69 Å². The Bertz CT molecular complexity index is 1120. The van der Waals surface area contributed by atoms with E-state index in [2.05, 4.69) is 16.4 Å². The minimum Gasteiger partial charge on any atom is -0.497 e. The summed E-state index contributed by atoms with van der Waals surface area (Å²) in [6.07, 6.45) is 1.79. The van der Waals surface area contributed by atoms with Gasteiger partial charge in [0.1, 0.15) is 11.5 Å². The number of hydrogen-bond acceptors (Lipinski definition) is 5. The molecule has 1 heterocycles. The minimum absolute atomic E-state index is 0.178. The number of benzene rings is 3. The van der Waals surface area contributed by atoms with Crippen molar-refractivity contribution in [3.8, 4) is 11.5 Å². The number of aliphatic imine (C=N–C) groups is 1. The van der Waals surface area contributed by atoms with E-state index in [1.165, 1.54) is 11.8 Å².